The molecule has 0 N–H and O–H groups in total. The van der Waals surface area contributed by atoms with E-state index in [9.17, 15) is 14.9 Å². The molecular weight excluding hydrogens is 368 g/mol. The number of carbonyl (C=O) groups excluding carboxylic acids is 1. The standard InChI is InChI=1S/C18H20N4O2S2/c1-4-22-17(24)14(26-18(22)25)9-12-11(2)13(10-19)16(23)20(3)15(12)21-7-5-6-8-21/h9H,4-8H2,1-3H3. The minimum absolute atomic E-state index is 0.118. The molecule has 8 heteroatoms. The number of anilines is 1. The first kappa shape index (κ1) is 18.7. The van der Waals surface area contributed by atoms with E-state index >= 15 is 0 Å². The van der Waals surface area contributed by atoms with Crippen molar-refractivity contribution in [1.29, 1.82) is 5.26 Å². The van der Waals surface area contributed by atoms with Gasteiger partial charge >= 0.3 is 0 Å². The van der Waals surface area contributed by atoms with E-state index < -0.39 is 0 Å². The second kappa shape index (κ2) is 7.25. The normalized spacial score (nSPS) is 18.9. The number of nitriles is 1. The fourth-order valence-electron chi connectivity index (χ4n) is 3.43. The molecule has 26 heavy (non-hydrogen) atoms. The van der Waals surface area contributed by atoms with Crippen LogP contribution in [0.1, 0.15) is 36.5 Å². The second-order valence-corrected chi connectivity index (χ2v) is 8.01. The van der Waals surface area contributed by atoms with Crippen molar-refractivity contribution in [3.63, 3.8) is 0 Å². The summed E-state index contributed by atoms with van der Waals surface area (Å²) in [7, 11) is 1.69. The minimum Gasteiger partial charge on any atom is -0.357 e. The molecule has 1 amide bonds. The van der Waals surface area contributed by atoms with Crippen molar-refractivity contribution in [3.8, 4) is 6.07 Å². The summed E-state index contributed by atoms with van der Waals surface area (Å²) in [5.41, 5.74) is 1.18. The fourth-order valence-corrected chi connectivity index (χ4v) is 4.79. The number of pyridine rings is 1. The Labute approximate surface area is 162 Å². The zero-order valence-electron chi connectivity index (χ0n) is 15.0. The van der Waals surface area contributed by atoms with Gasteiger partial charge in [0.25, 0.3) is 11.5 Å². The van der Waals surface area contributed by atoms with Crippen molar-refractivity contribution in [2.24, 2.45) is 7.05 Å². The first-order chi connectivity index (χ1) is 12.4. The van der Waals surface area contributed by atoms with Crippen LogP contribution in [0.25, 0.3) is 6.08 Å². The largest absolute Gasteiger partial charge is 0.357 e. The Morgan fingerprint density at radius 1 is 1.31 bits per heavy atom. The molecule has 0 atom stereocenters. The van der Waals surface area contributed by atoms with E-state index in [0.29, 0.717) is 21.3 Å². The molecule has 1 aromatic rings. The Morgan fingerprint density at radius 3 is 2.50 bits per heavy atom. The summed E-state index contributed by atoms with van der Waals surface area (Å²) in [6.07, 6.45) is 3.91. The number of thiocarbonyl (C=S) groups is 1. The van der Waals surface area contributed by atoms with Crippen LogP contribution in [0, 0.1) is 18.3 Å². The number of amides is 1. The van der Waals surface area contributed by atoms with E-state index in [1.807, 2.05) is 13.0 Å². The predicted molar refractivity (Wildman–Crippen MR) is 108 cm³/mol. The molecule has 0 radical (unpaired) electrons. The van der Waals surface area contributed by atoms with Crippen LogP contribution in [0.15, 0.2) is 9.70 Å². The Morgan fingerprint density at radius 2 is 1.96 bits per heavy atom. The van der Waals surface area contributed by atoms with E-state index in [0.717, 1.165) is 37.3 Å². The maximum absolute atomic E-state index is 12.6. The molecule has 0 unspecified atom stereocenters. The molecule has 0 aromatic carbocycles. The molecule has 2 saturated heterocycles. The maximum Gasteiger partial charge on any atom is 0.270 e. The van der Waals surface area contributed by atoms with Crippen molar-refractivity contribution in [3.05, 3.63) is 31.9 Å². The molecule has 0 spiro atoms. The summed E-state index contributed by atoms with van der Waals surface area (Å²) in [4.78, 5) is 29.4. The van der Waals surface area contributed by atoms with Gasteiger partial charge in [-0.1, -0.05) is 24.0 Å². The zero-order valence-corrected chi connectivity index (χ0v) is 16.7. The fraction of sp³-hybridized carbons (Fsp3) is 0.444. The van der Waals surface area contributed by atoms with E-state index in [2.05, 4.69) is 4.90 Å². The number of hydrogen-bond donors (Lipinski definition) is 0. The highest BCUT2D eigenvalue weighted by Crippen LogP contribution is 2.36. The van der Waals surface area contributed by atoms with Crippen molar-refractivity contribution < 1.29 is 4.79 Å². The van der Waals surface area contributed by atoms with Gasteiger partial charge in [0.05, 0.1) is 4.91 Å². The number of nitrogens with zero attached hydrogens (tertiary/aromatic N) is 4. The molecule has 2 fully saturated rings. The van der Waals surface area contributed by atoms with Gasteiger partial charge in [-0.05, 0) is 38.3 Å². The van der Waals surface area contributed by atoms with E-state index in [4.69, 9.17) is 12.2 Å². The molecule has 136 valence electrons. The van der Waals surface area contributed by atoms with Gasteiger partial charge in [0.1, 0.15) is 21.8 Å². The number of rotatable bonds is 3. The molecule has 0 saturated carbocycles. The summed E-state index contributed by atoms with van der Waals surface area (Å²) >= 11 is 6.55. The molecule has 1 aromatic heterocycles. The van der Waals surface area contributed by atoms with Gasteiger partial charge in [-0.25, -0.2) is 0 Å². The van der Waals surface area contributed by atoms with E-state index in [1.165, 1.54) is 16.3 Å². The Balaban J connectivity index is 2.23. The smallest absolute Gasteiger partial charge is 0.270 e. The van der Waals surface area contributed by atoms with Crippen LogP contribution in [0.5, 0.6) is 0 Å². The number of likely N-dealkylation sites (N-methyl/N-ethyl adjacent to an activating group) is 1. The maximum atomic E-state index is 12.6. The monoisotopic (exact) mass is 388 g/mol. The third-order valence-corrected chi connectivity index (χ3v) is 6.22. The van der Waals surface area contributed by atoms with Gasteiger partial charge in [0, 0.05) is 32.2 Å². The Kier molecular flexibility index (Phi) is 5.21. The first-order valence-electron chi connectivity index (χ1n) is 8.54. The van der Waals surface area contributed by atoms with Gasteiger partial charge < -0.3 is 4.90 Å². The number of carbonyl (C=O) groups is 1. The number of thioether (sulfide) groups is 1. The highest BCUT2D eigenvalue weighted by Gasteiger charge is 2.32. The van der Waals surface area contributed by atoms with Crippen LogP contribution >= 0.6 is 24.0 Å². The summed E-state index contributed by atoms with van der Waals surface area (Å²) in [5.74, 6) is 0.646. The lowest BCUT2D eigenvalue weighted by molar-refractivity contribution is -0.121. The van der Waals surface area contributed by atoms with Gasteiger partial charge in [-0.2, -0.15) is 5.26 Å². The van der Waals surface area contributed by atoms with Gasteiger partial charge in [-0.3, -0.25) is 19.1 Å². The molecular formula is C18H20N4O2S2. The van der Waals surface area contributed by atoms with Crippen molar-refractivity contribution >= 4 is 46.1 Å². The van der Waals surface area contributed by atoms with Crippen LogP contribution in [-0.2, 0) is 11.8 Å². The molecule has 2 aliphatic heterocycles. The highest BCUT2D eigenvalue weighted by atomic mass is 32.2. The summed E-state index contributed by atoms with van der Waals surface area (Å²) < 4.78 is 2.07. The predicted octanol–water partition coefficient (Wildman–Crippen LogP) is 2.39. The quantitative estimate of drug-likeness (QED) is 0.585. The molecule has 0 aliphatic carbocycles. The Bertz CT molecular complexity index is 921. The van der Waals surface area contributed by atoms with Crippen LogP contribution in [0.2, 0.25) is 0 Å². The van der Waals surface area contributed by atoms with E-state index in [1.54, 1.807) is 24.9 Å². The molecule has 2 aliphatic rings. The van der Waals surface area contributed by atoms with Crippen molar-refractivity contribution in [1.82, 2.24) is 9.47 Å². The summed E-state index contributed by atoms with van der Waals surface area (Å²) in [5, 5.41) is 9.44. The third kappa shape index (κ3) is 2.95. The Hall–Kier alpha value is -2.11. The van der Waals surface area contributed by atoms with Crippen LogP contribution in [-0.4, -0.2) is 39.3 Å². The lowest BCUT2D eigenvalue weighted by atomic mass is 10.0. The second-order valence-electron chi connectivity index (χ2n) is 6.33. The van der Waals surface area contributed by atoms with Crippen LogP contribution < -0.4 is 10.5 Å². The summed E-state index contributed by atoms with van der Waals surface area (Å²) in [6, 6.07) is 2.02. The first-order valence-corrected chi connectivity index (χ1v) is 9.77. The number of hydrogen-bond acceptors (Lipinski definition) is 6. The van der Waals surface area contributed by atoms with Gasteiger partial charge in [-0.15, -0.1) is 0 Å². The lowest BCUT2D eigenvalue weighted by Gasteiger charge is -2.25. The lowest BCUT2D eigenvalue weighted by Crippen LogP contribution is -2.31. The minimum atomic E-state index is -0.301. The van der Waals surface area contributed by atoms with Crippen molar-refractivity contribution in [2.75, 3.05) is 24.5 Å². The molecule has 6 nitrogen and oxygen atoms in total. The van der Waals surface area contributed by atoms with E-state index in [-0.39, 0.29) is 17.0 Å². The van der Waals surface area contributed by atoms with Gasteiger partial charge in [0.2, 0.25) is 0 Å². The van der Waals surface area contributed by atoms with Crippen LogP contribution in [0.3, 0.4) is 0 Å². The highest BCUT2D eigenvalue weighted by molar-refractivity contribution is 8.26. The van der Waals surface area contributed by atoms with Gasteiger partial charge in [0.15, 0.2) is 0 Å². The van der Waals surface area contributed by atoms with Crippen LogP contribution in [0.4, 0.5) is 5.82 Å². The molecule has 0 bridgehead atoms. The SMILES string of the molecule is CCN1C(=O)C(=Cc2c(C)c(C#N)c(=O)n(C)c2N2CCCC2)SC1=S. The average Bonchev–Trinajstić information content (AvgIpc) is 3.22. The summed E-state index contributed by atoms with van der Waals surface area (Å²) in [6.45, 7) is 5.89. The van der Waals surface area contributed by atoms with Crippen molar-refractivity contribution in [2.45, 2.75) is 26.7 Å². The average molecular weight is 389 g/mol. The molecule has 3 heterocycles. The zero-order chi connectivity index (χ0) is 19.0. The number of aromatic nitrogens is 1. The molecule has 3 rings (SSSR count). The topological polar surface area (TPSA) is 69.3 Å². The third-order valence-electron chi connectivity index (χ3n) is 4.84.